The average molecular weight is 311 g/mol. The monoisotopic (exact) mass is 310 g/mol. The van der Waals surface area contributed by atoms with Crippen LogP contribution in [0.25, 0.3) is 11.1 Å². The molecule has 2 rings (SSSR count). The Labute approximate surface area is 123 Å². The molecular weight excluding hydrogens is 295 g/mol. The van der Waals surface area contributed by atoms with Crippen LogP contribution in [0.1, 0.15) is 11.1 Å². The molecule has 0 fully saturated rings. The van der Waals surface area contributed by atoms with E-state index in [-0.39, 0.29) is 6.16 Å². The van der Waals surface area contributed by atoms with Crippen LogP contribution in [0, 0.1) is 6.92 Å². The van der Waals surface area contributed by atoms with E-state index in [2.05, 4.69) is 4.52 Å². The fraction of sp³-hybridized carbons (Fsp3) is 0.200. The Morgan fingerprint density at radius 2 is 1.85 bits per heavy atom. The van der Waals surface area contributed by atoms with Crippen molar-refractivity contribution in [2.75, 3.05) is 7.11 Å². The molecule has 0 heterocycles. The van der Waals surface area contributed by atoms with E-state index >= 15 is 0 Å². The first-order valence-electron chi connectivity index (χ1n) is 6.14. The summed E-state index contributed by atoms with van der Waals surface area (Å²) < 4.78 is 16.5. The molecule has 0 aliphatic carbocycles. The van der Waals surface area contributed by atoms with Gasteiger partial charge in [0.2, 0.25) is 0 Å². The van der Waals surface area contributed by atoms with E-state index in [4.69, 9.17) is 11.6 Å². The minimum atomic E-state index is -3.60. The van der Waals surface area contributed by atoms with Crippen molar-refractivity contribution >= 4 is 19.2 Å². The first-order chi connectivity index (χ1) is 9.41. The van der Waals surface area contributed by atoms with Gasteiger partial charge in [-0.15, -0.1) is 0 Å². The summed E-state index contributed by atoms with van der Waals surface area (Å²) in [6.07, 6.45) is -0.0108. The Morgan fingerprint density at radius 3 is 2.45 bits per heavy atom. The summed E-state index contributed by atoms with van der Waals surface area (Å²) in [6.45, 7) is 1.95. The molecule has 1 atom stereocenters. The SMILES string of the molecule is COP(=O)(O)Cc1cc(C)ccc1-c1ccc(Cl)cc1. The lowest BCUT2D eigenvalue weighted by atomic mass is 9.99. The largest absolute Gasteiger partial charge is 0.332 e. The van der Waals surface area contributed by atoms with Crippen LogP contribution in [0.15, 0.2) is 42.5 Å². The fourth-order valence-corrected chi connectivity index (χ4v) is 2.99. The highest BCUT2D eigenvalue weighted by Gasteiger charge is 2.20. The molecule has 0 saturated heterocycles. The summed E-state index contributed by atoms with van der Waals surface area (Å²) >= 11 is 5.89. The van der Waals surface area contributed by atoms with E-state index in [1.165, 1.54) is 7.11 Å². The smallest absolute Gasteiger partial charge is 0.324 e. The molecule has 0 saturated carbocycles. The maximum absolute atomic E-state index is 11.8. The Bertz CT molecular complexity index is 653. The number of aryl methyl sites for hydroxylation is 1. The second kappa shape index (κ2) is 6.11. The number of rotatable bonds is 4. The van der Waals surface area contributed by atoms with Gasteiger partial charge in [0.1, 0.15) is 0 Å². The molecule has 3 nitrogen and oxygen atoms in total. The molecule has 0 aliphatic heterocycles. The average Bonchev–Trinajstić information content (AvgIpc) is 2.40. The molecule has 0 amide bonds. The van der Waals surface area contributed by atoms with E-state index in [1.807, 2.05) is 37.3 Å². The fourth-order valence-electron chi connectivity index (χ4n) is 2.04. The van der Waals surface area contributed by atoms with Gasteiger partial charge >= 0.3 is 7.60 Å². The van der Waals surface area contributed by atoms with Gasteiger partial charge in [0.15, 0.2) is 0 Å². The number of hydrogen-bond acceptors (Lipinski definition) is 2. The van der Waals surface area contributed by atoms with Crippen molar-refractivity contribution in [1.29, 1.82) is 0 Å². The van der Waals surface area contributed by atoms with Gasteiger partial charge in [-0.05, 0) is 35.7 Å². The van der Waals surface area contributed by atoms with Crippen molar-refractivity contribution in [2.45, 2.75) is 13.1 Å². The molecule has 0 spiro atoms. The molecule has 2 aromatic carbocycles. The highest BCUT2D eigenvalue weighted by atomic mass is 35.5. The third-order valence-corrected chi connectivity index (χ3v) is 4.63. The van der Waals surface area contributed by atoms with Crippen molar-refractivity contribution in [3.05, 3.63) is 58.6 Å². The second-order valence-electron chi connectivity index (χ2n) is 4.65. The highest BCUT2D eigenvalue weighted by Crippen LogP contribution is 2.46. The standard InChI is InChI=1S/C15H16ClO3P/c1-11-3-8-15(12-4-6-14(16)7-5-12)13(9-11)10-20(17,18)19-2/h3-9H,10H2,1-2H3,(H,17,18). The van der Waals surface area contributed by atoms with Crippen LogP contribution in [0.3, 0.4) is 0 Å². The third-order valence-electron chi connectivity index (χ3n) is 3.07. The quantitative estimate of drug-likeness (QED) is 0.836. The minimum absolute atomic E-state index is 0.0108. The minimum Gasteiger partial charge on any atom is -0.324 e. The van der Waals surface area contributed by atoms with Gasteiger partial charge in [0.05, 0.1) is 6.16 Å². The van der Waals surface area contributed by atoms with E-state index in [0.29, 0.717) is 5.02 Å². The van der Waals surface area contributed by atoms with Crippen LogP contribution < -0.4 is 0 Å². The van der Waals surface area contributed by atoms with Crippen LogP contribution in [0.2, 0.25) is 5.02 Å². The molecular formula is C15H16ClO3P. The maximum atomic E-state index is 11.8. The topological polar surface area (TPSA) is 46.5 Å². The van der Waals surface area contributed by atoms with E-state index < -0.39 is 7.60 Å². The lowest BCUT2D eigenvalue weighted by Crippen LogP contribution is -1.94. The van der Waals surface area contributed by atoms with Crippen molar-refractivity contribution in [1.82, 2.24) is 0 Å². The molecule has 5 heteroatoms. The van der Waals surface area contributed by atoms with E-state index in [1.54, 1.807) is 12.1 Å². The van der Waals surface area contributed by atoms with E-state index in [0.717, 1.165) is 22.3 Å². The Kier molecular flexibility index (Phi) is 4.66. The predicted molar refractivity (Wildman–Crippen MR) is 82.2 cm³/mol. The number of hydrogen-bond donors (Lipinski definition) is 1. The normalized spacial score (nSPS) is 14.0. The maximum Gasteiger partial charge on any atom is 0.332 e. The van der Waals surface area contributed by atoms with Crippen LogP contribution in [0.5, 0.6) is 0 Å². The zero-order valence-corrected chi connectivity index (χ0v) is 13.0. The summed E-state index contributed by atoms with van der Waals surface area (Å²) in [5, 5.41) is 0.659. The highest BCUT2D eigenvalue weighted by molar-refractivity contribution is 7.51. The third kappa shape index (κ3) is 3.71. The predicted octanol–water partition coefficient (Wildman–Crippen LogP) is 4.65. The second-order valence-corrected chi connectivity index (χ2v) is 7.04. The lowest BCUT2D eigenvalue weighted by molar-refractivity contribution is 0.314. The molecule has 0 radical (unpaired) electrons. The summed E-state index contributed by atoms with van der Waals surface area (Å²) in [6, 6.07) is 13.2. The summed E-state index contributed by atoms with van der Waals surface area (Å²) in [7, 11) is -2.35. The molecule has 0 aromatic heterocycles. The lowest BCUT2D eigenvalue weighted by Gasteiger charge is -2.14. The zero-order chi connectivity index (χ0) is 14.8. The van der Waals surface area contributed by atoms with Crippen molar-refractivity contribution < 1.29 is 14.0 Å². The van der Waals surface area contributed by atoms with Crippen LogP contribution in [-0.2, 0) is 15.3 Å². The molecule has 0 aliphatic rings. The van der Waals surface area contributed by atoms with Gasteiger partial charge in [0, 0.05) is 12.1 Å². The van der Waals surface area contributed by atoms with E-state index in [9.17, 15) is 9.46 Å². The van der Waals surface area contributed by atoms with Gasteiger partial charge in [-0.3, -0.25) is 4.57 Å². The molecule has 0 bridgehead atoms. The first kappa shape index (κ1) is 15.3. The van der Waals surface area contributed by atoms with Crippen molar-refractivity contribution in [2.24, 2.45) is 0 Å². The molecule has 1 unspecified atom stereocenters. The van der Waals surface area contributed by atoms with Crippen LogP contribution in [-0.4, -0.2) is 12.0 Å². The summed E-state index contributed by atoms with van der Waals surface area (Å²) in [5.74, 6) is 0. The molecule has 106 valence electrons. The van der Waals surface area contributed by atoms with Gasteiger partial charge in [-0.2, -0.15) is 0 Å². The molecule has 1 N–H and O–H groups in total. The van der Waals surface area contributed by atoms with Crippen LogP contribution in [0.4, 0.5) is 0 Å². The van der Waals surface area contributed by atoms with Gasteiger partial charge in [0.25, 0.3) is 0 Å². The van der Waals surface area contributed by atoms with Crippen LogP contribution >= 0.6 is 19.2 Å². The Morgan fingerprint density at radius 1 is 1.20 bits per heavy atom. The zero-order valence-electron chi connectivity index (χ0n) is 11.3. The Hall–Kier alpha value is -1.12. The molecule has 20 heavy (non-hydrogen) atoms. The van der Waals surface area contributed by atoms with Gasteiger partial charge < -0.3 is 9.42 Å². The Balaban J connectivity index is 2.48. The first-order valence-corrected chi connectivity index (χ1v) is 8.28. The van der Waals surface area contributed by atoms with Crippen molar-refractivity contribution in [3.8, 4) is 11.1 Å². The number of halogens is 1. The van der Waals surface area contributed by atoms with Crippen molar-refractivity contribution in [3.63, 3.8) is 0 Å². The van der Waals surface area contributed by atoms with Gasteiger partial charge in [-0.1, -0.05) is 47.5 Å². The summed E-state index contributed by atoms with van der Waals surface area (Å²) in [4.78, 5) is 9.70. The number of benzene rings is 2. The van der Waals surface area contributed by atoms with Gasteiger partial charge in [-0.25, -0.2) is 0 Å². The summed E-state index contributed by atoms with van der Waals surface area (Å²) in [5.41, 5.74) is 3.70. The molecule has 2 aromatic rings.